The van der Waals surface area contributed by atoms with Crippen LogP contribution in [0.25, 0.3) is 0 Å². The number of allylic oxidation sites excluding steroid dienone is 1. The number of alkyl halides is 1. The molecular weight excluding hydrogens is 187 g/mol. The van der Waals surface area contributed by atoms with E-state index in [2.05, 4.69) is 27.4 Å². The van der Waals surface area contributed by atoms with Crippen molar-refractivity contribution >= 4 is 0 Å². The van der Waals surface area contributed by atoms with Crippen LogP contribution in [0.1, 0.15) is 60.8 Å². The summed E-state index contributed by atoms with van der Waals surface area (Å²) >= 11 is 0. The van der Waals surface area contributed by atoms with Crippen LogP contribution in [0.15, 0.2) is 12.7 Å². The molecule has 15 heavy (non-hydrogen) atoms. The lowest BCUT2D eigenvalue weighted by molar-refractivity contribution is 0.0147. The molecule has 0 aliphatic heterocycles. The summed E-state index contributed by atoms with van der Waals surface area (Å²) in [6, 6.07) is 0. The lowest BCUT2D eigenvalue weighted by atomic mass is 9.71. The van der Waals surface area contributed by atoms with Gasteiger partial charge in [0.2, 0.25) is 0 Å². The predicted molar refractivity (Wildman–Crippen MR) is 66.8 cm³/mol. The molecule has 0 aromatic heterocycles. The van der Waals surface area contributed by atoms with E-state index >= 15 is 0 Å². The maximum atomic E-state index is 14.5. The maximum absolute atomic E-state index is 14.5. The summed E-state index contributed by atoms with van der Waals surface area (Å²) in [7, 11) is 0. The molecule has 1 atom stereocenters. The maximum Gasteiger partial charge on any atom is 0.113 e. The molecule has 0 rings (SSSR count). The molecule has 0 saturated heterocycles. The van der Waals surface area contributed by atoms with Crippen LogP contribution in [0.5, 0.6) is 0 Å². The van der Waals surface area contributed by atoms with E-state index in [1.807, 2.05) is 19.9 Å². The van der Waals surface area contributed by atoms with Crippen molar-refractivity contribution < 1.29 is 4.39 Å². The normalized spacial score (nSPS) is 17.3. The number of halogens is 1. The Morgan fingerprint density at radius 3 is 1.87 bits per heavy atom. The Hall–Kier alpha value is -0.330. The average Bonchev–Trinajstić information content (AvgIpc) is 2.15. The molecule has 0 aromatic rings. The second-order valence-corrected chi connectivity index (χ2v) is 6.13. The number of hydrogen-bond acceptors (Lipinski definition) is 0. The van der Waals surface area contributed by atoms with Crippen LogP contribution in [0.4, 0.5) is 4.39 Å². The molecule has 0 fully saturated rings. The summed E-state index contributed by atoms with van der Waals surface area (Å²) in [6.45, 7) is 15.8. The lowest BCUT2D eigenvalue weighted by Crippen LogP contribution is -2.38. The molecule has 1 unspecified atom stereocenters. The molecule has 0 aromatic carbocycles. The van der Waals surface area contributed by atoms with E-state index in [4.69, 9.17) is 0 Å². The fraction of sp³-hybridized carbons (Fsp3) is 0.857. The van der Waals surface area contributed by atoms with E-state index in [1.165, 1.54) is 0 Å². The SMILES string of the molecule is C=CC(C)(C)CCC(C)(F)C(C)(C)CC. The van der Waals surface area contributed by atoms with Crippen molar-refractivity contribution in [3.05, 3.63) is 12.7 Å². The van der Waals surface area contributed by atoms with Gasteiger partial charge in [-0.05, 0) is 37.0 Å². The van der Waals surface area contributed by atoms with Crippen molar-refractivity contribution in [2.45, 2.75) is 66.5 Å². The highest BCUT2D eigenvalue weighted by molar-refractivity contribution is 4.94. The van der Waals surface area contributed by atoms with Crippen molar-refractivity contribution in [3.8, 4) is 0 Å². The second kappa shape index (κ2) is 4.67. The largest absolute Gasteiger partial charge is 0.244 e. The molecule has 0 heterocycles. The fourth-order valence-corrected chi connectivity index (χ4v) is 1.37. The van der Waals surface area contributed by atoms with Crippen LogP contribution in [-0.2, 0) is 0 Å². The highest BCUT2D eigenvalue weighted by atomic mass is 19.1. The summed E-state index contributed by atoms with van der Waals surface area (Å²) < 4.78 is 14.5. The average molecular weight is 214 g/mol. The second-order valence-electron chi connectivity index (χ2n) is 6.13. The van der Waals surface area contributed by atoms with E-state index in [0.717, 1.165) is 12.8 Å². The van der Waals surface area contributed by atoms with Crippen LogP contribution in [-0.4, -0.2) is 5.67 Å². The Balaban J connectivity index is 4.46. The molecule has 0 nitrogen and oxygen atoms in total. The minimum absolute atomic E-state index is 0.0389. The van der Waals surface area contributed by atoms with Gasteiger partial charge in [0.25, 0.3) is 0 Å². The van der Waals surface area contributed by atoms with E-state index in [1.54, 1.807) is 6.92 Å². The predicted octanol–water partition coefficient (Wildman–Crippen LogP) is 5.14. The molecule has 1 heteroatoms. The van der Waals surface area contributed by atoms with Gasteiger partial charge in [-0.1, -0.05) is 40.7 Å². The van der Waals surface area contributed by atoms with Crippen LogP contribution in [0.2, 0.25) is 0 Å². The molecule has 0 N–H and O–H groups in total. The van der Waals surface area contributed by atoms with Gasteiger partial charge in [0.1, 0.15) is 5.67 Å². The van der Waals surface area contributed by atoms with Crippen molar-refractivity contribution in [1.29, 1.82) is 0 Å². The first kappa shape index (κ1) is 14.7. The van der Waals surface area contributed by atoms with E-state index in [9.17, 15) is 4.39 Å². The minimum Gasteiger partial charge on any atom is -0.244 e. The van der Waals surface area contributed by atoms with Gasteiger partial charge in [-0.15, -0.1) is 6.58 Å². The third-order valence-corrected chi connectivity index (χ3v) is 4.09. The fourth-order valence-electron chi connectivity index (χ4n) is 1.37. The summed E-state index contributed by atoms with van der Waals surface area (Å²) in [5.74, 6) is 0. The van der Waals surface area contributed by atoms with Crippen LogP contribution < -0.4 is 0 Å². The van der Waals surface area contributed by atoms with Crippen LogP contribution in [0, 0.1) is 10.8 Å². The number of rotatable bonds is 6. The monoisotopic (exact) mass is 214 g/mol. The minimum atomic E-state index is -1.10. The Labute approximate surface area is 95.0 Å². The first-order valence-electron chi connectivity index (χ1n) is 5.90. The topological polar surface area (TPSA) is 0 Å². The van der Waals surface area contributed by atoms with Gasteiger partial charge in [0.05, 0.1) is 0 Å². The van der Waals surface area contributed by atoms with Gasteiger partial charge in [0.15, 0.2) is 0 Å². The molecule has 0 aliphatic carbocycles. The molecule has 0 aliphatic rings. The van der Waals surface area contributed by atoms with E-state index < -0.39 is 5.67 Å². The van der Waals surface area contributed by atoms with Crippen molar-refractivity contribution in [1.82, 2.24) is 0 Å². The Kier molecular flexibility index (Phi) is 4.57. The van der Waals surface area contributed by atoms with Crippen molar-refractivity contribution in [3.63, 3.8) is 0 Å². The quantitative estimate of drug-likeness (QED) is 0.537. The Morgan fingerprint density at radius 2 is 1.53 bits per heavy atom. The lowest BCUT2D eigenvalue weighted by Gasteiger charge is -2.38. The molecular formula is C14H27F. The highest BCUT2D eigenvalue weighted by Gasteiger charge is 2.40. The summed E-state index contributed by atoms with van der Waals surface area (Å²) in [4.78, 5) is 0. The molecule has 0 radical (unpaired) electrons. The summed E-state index contributed by atoms with van der Waals surface area (Å²) in [5.41, 5.74) is -1.30. The van der Waals surface area contributed by atoms with Gasteiger partial charge < -0.3 is 0 Å². The zero-order chi connectivity index (χ0) is 12.3. The first-order valence-corrected chi connectivity index (χ1v) is 5.90. The van der Waals surface area contributed by atoms with Gasteiger partial charge >= 0.3 is 0 Å². The van der Waals surface area contributed by atoms with Crippen molar-refractivity contribution in [2.75, 3.05) is 0 Å². The summed E-state index contributed by atoms with van der Waals surface area (Å²) in [5, 5.41) is 0. The zero-order valence-corrected chi connectivity index (χ0v) is 11.3. The first-order chi connectivity index (χ1) is 6.58. The molecule has 0 spiro atoms. The van der Waals surface area contributed by atoms with Crippen LogP contribution in [0.3, 0.4) is 0 Å². The molecule has 90 valence electrons. The molecule has 0 amide bonds. The highest BCUT2D eigenvalue weighted by Crippen LogP contribution is 2.42. The smallest absolute Gasteiger partial charge is 0.113 e. The Bertz CT molecular complexity index is 211. The standard InChI is InChI=1S/C14H27F/c1-8-12(3,4)10-11-14(7,15)13(5,6)9-2/h8H,1,9-11H2,2-7H3. The molecule has 0 bridgehead atoms. The zero-order valence-electron chi connectivity index (χ0n) is 11.3. The van der Waals surface area contributed by atoms with Crippen LogP contribution >= 0.6 is 0 Å². The van der Waals surface area contributed by atoms with Gasteiger partial charge in [0, 0.05) is 0 Å². The van der Waals surface area contributed by atoms with E-state index in [0.29, 0.717) is 6.42 Å². The third-order valence-electron chi connectivity index (χ3n) is 4.09. The van der Waals surface area contributed by atoms with Gasteiger partial charge in [-0.2, -0.15) is 0 Å². The molecule has 0 saturated carbocycles. The summed E-state index contributed by atoms with van der Waals surface area (Å²) in [6.07, 6.45) is 4.25. The van der Waals surface area contributed by atoms with E-state index in [-0.39, 0.29) is 10.8 Å². The Morgan fingerprint density at radius 1 is 1.07 bits per heavy atom. The van der Waals surface area contributed by atoms with Gasteiger partial charge in [-0.3, -0.25) is 0 Å². The number of hydrogen-bond donors (Lipinski definition) is 0. The van der Waals surface area contributed by atoms with Crippen molar-refractivity contribution in [2.24, 2.45) is 10.8 Å². The van der Waals surface area contributed by atoms with Gasteiger partial charge in [-0.25, -0.2) is 4.39 Å². The third kappa shape index (κ3) is 3.96.